The van der Waals surface area contributed by atoms with E-state index in [9.17, 15) is 14.4 Å². The average molecular weight is 1120 g/mol. The molecule has 6 heteroatoms. The number of hydrogen-bond acceptors (Lipinski definition) is 6. The van der Waals surface area contributed by atoms with Gasteiger partial charge in [-0.2, -0.15) is 0 Å². The molecule has 0 amide bonds. The Balaban J connectivity index is 4.14. The SMILES string of the molecule is CCCCCCC/C=C\C/C=C\CCCCCCCCCCCCCCCC(=O)OC(COC(=O)CCCCCCCCCCCC)COC(=O)CCCCCCCCCCCCCCCCC/C=C\CCCCCCCCCC. The molecule has 0 aliphatic heterocycles. The summed E-state index contributed by atoms with van der Waals surface area (Å²) in [5, 5.41) is 0. The largest absolute Gasteiger partial charge is 0.462 e. The summed E-state index contributed by atoms with van der Waals surface area (Å²) in [7, 11) is 0. The second-order valence-electron chi connectivity index (χ2n) is 24.5. The van der Waals surface area contributed by atoms with E-state index in [1.54, 1.807) is 0 Å². The Hall–Kier alpha value is -2.37. The first kappa shape index (κ1) is 77.6. The van der Waals surface area contributed by atoms with Crippen molar-refractivity contribution < 1.29 is 28.6 Å². The van der Waals surface area contributed by atoms with E-state index in [1.807, 2.05) is 0 Å². The molecule has 0 aliphatic carbocycles. The van der Waals surface area contributed by atoms with Gasteiger partial charge < -0.3 is 14.2 Å². The van der Waals surface area contributed by atoms with Crippen LogP contribution >= 0.6 is 0 Å². The first-order valence-corrected chi connectivity index (χ1v) is 36.0. The Kier molecular flexibility index (Phi) is 67.1. The minimum atomic E-state index is -0.769. The third kappa shape index (κ3) is 66.4. The molecule has 0 rings (SSSR count). The van der Waals surface area contributed by atoms with Crippen molar-refractivity contribution in [2.24, 2.45) is 0 Å². The zero-order valence-corrected chi connectivity index (χ0v) is 54.1. The van der Waals surface area contributed by atoms with Crippen LogP contribution in [0.2, 0.25) is 0 Å². The molecular weight excluding hydrogens is 985 g/mol. The lowest BCUT2D eigenvalue weighted by Gasteiger charge is -2.18. The number of ether oxygens (including phenoxy) is 3. The molecule has 0 spiro atoms. The van der Waals surface area contributed by atoms with Crippen molar-refractivity contribution >= 4 is 17.9 Å². The number of allylic oxidation sites excluding steroid dienone is 6. The zero-order valence-electron chi connectivity index (χ0n) is 54.1. The molecule has 6 nitrogen and oxygen atoms in total. The lowest BCUT2D eigenvalue weighted by Crippen LogP contribution is -2.30. The maximum atomic E-state index is 12.9. The van der Waals surface area contributed by atoms with Crippen LogP contribution in [0.5, 0.6) is 0 Å². The molecular formula is C74H138O6. The molecule has 0 radical (unpaired) electrons. The average Bonchev–Trinajstić information content (AvgIpc) is 3.46. The van der Waals surface area contributed by atoms with Crippen LogP contribution in [0.1, 0.15) is 400 Å². The molecule has 0 aromatic heterocycles. The summed E-state index contributed by atoms with van der Waals surface area (Å²) in [5.74, 6) is -0.841. The van der Waals surface area contributed by atoms with Gasteiger partial charge in [0.1, 0.15) is 13.2 Å². The predicted octanol–water partition coefficient (Wildman–Crippen LogP) is 24.7. The Morgan fingerprint density at radius 3 is 0.700 bits per heavy atom. The smallest absolute Gasteiger partial charge is 0.306 e. The van der Waals surface area contributed by atoms with E-state index in [4.69, 9.17) is 14.2 Å². The number of hydrogen-bond donors (Lipinski definition) is 0. The van der Waals surface area contributed by atoms with Crippen molar-refractivity contribution in [2.45, 2.75) is 406 Å². The lowest BCUT2D eigenvalue weighted by molar-refractivity contribution is -0.167. The first-order valence-electron chi connectivity index (χ1n) is 36.0. The van der Waals surface area contributed by atoms with Crippen LogP contribution < -0.4 is 0 Å². The minimum absolute atomic E-state index is 0.0668. The van der Waals surface area contributed by atoms with Crippen molar-refractivity contribution in [3.05, 3.63) is 36.5 Å². The number of carbonyl (C=O) groups is 3. The molecule has 0 saturated carbocycles. The summed E-state index contributed by atoms with van der Waals surface area (Å²) in [4.78, 5) is 38.3. The van der Waals surface area contributed by atoms with E-state index in [0.29, 0.717) is 19.3 Å². The molecule has 1 unspecified atom stereocenters. The maximum absolute atomic E-state index is 12.9. The van der Waals surface area contributed by atoms with Gasteiger partial charge in [0.05, 0.1) is 0 Å². The van der Waals surface area contributed by atoms with Crippen LogP contribution in [0.25, 0.3) is 0 Å². The zero-order chi connectivity index (χ0) is 57.8. The van der Waals surface area contributed by atoms with Gasteiger partial charge in [0.15, 0.2) is 6.10 Å². The highest BCUT2D eigenvalue weighted by Gasteiger charge is 2.19. The third-order valence-electron chi connectivity index (χ3n) is 16.4. The Morgan fingerprint density at radius 1 is 0.250 bits per heavy atom. The first-order chi connectivity index (χ1) is 39.5. The second-order valence-corrected chi connectivity index (χ2v) is 24.5. The summed E-state index contributed by atoms with van der Waals surface area (Å²) in [6.07, 6.45) is 86.2. The van der Waals surface area contributed by atoms with Gasteiger partial charge in [-0.05, 0) is 77.0 Å². The molecule has 470 valence electrons. The standard InChI is InChI=1S/C74H138O6/c1-4-7-10-13-16-19-22-24-26-28-30-32-34-36-37-39-40-42-44-46-48-50-52-55-58-61-64-67-73(76)79-70-71(69-78-72(75)66-63-60-57-54-21-18-15-12-9-6-3)80-74(77)68-65-62-59-56-53-51-49-47-45-43-41-38-35-33-31-29-27-25-23-20-17-14-11-8-5-2/h23,25,28-31,71H,4-22,24,26-27,32-70H2,1-3H3/b25-23-,30-28-,31-29-. The number of rotatable bonds is 67. The molecule has 0 saturated heterocycles. The minimum Gasteiger partial charge on any atom is -0.462 e. The second kappa shape index (κ2) is 69.1. The molecule has 0 aromatic carbocycles. The maximum Gasteiger partial charge on any atom is 0.306 e. The van der Waals surface area contributed by atoms with Crippen LogP contribution in [0.4, 0.5) is 0 Å². The van der Waals surface area contributed by atoms with E-state index in [0.717, 1.165) is 64.2 Å². The molecule has 0 heterocycles. The van der Waals surface area contributed by atoms with Gasteiger partial charge in [-0.1, -0.05) is 340 Å². The van der Waals surface area contributed by atoms with Crippen LogP contribution in [0.15, 0.2) is 36.5 Å². The van der Waals surface area contributed by atoms with Crippen molar-refractivity contribution in [2.75, 3.05) is 13.2 Å². The highest BCUT2D eigenvalue weighted by atomic mass is 16.6. The van der Waals surface area contributed by atoms with Gasteiger partial charge in [0, 0.05) is 19.3 Å². The van der Waals surface area contributed by atoms with E-state index in [1.165, 1.54) is 295 Å². The molecule has 1 atom stereocenters. The summed E-state index contributed by atoms with van der Waals surface area (Å²) in [6.45, 7) is 6.69. The van der Waals surface area contributed by atoms with E-state index >= 15 is 0 Å². The van der Waals surface area contributed by atoms with Crippen LogP contribution in [0.3, 0.4) is 0 Å². The molecule has 0 bridgehead atoms. The van der Waals surface area contributed by atoms with E-state index in [2.05, 4.69) is 57.2 Å². The fraction of sp³-hybridized carbons (Fsp3) is 0.878. The molecule has 0 aliphatic rings. The lowest BCUT2D eigenvalue weighted by atomic mass is 10.0. The molecule has 0 fully saturated rings. The van der Waals surface area contributed by atoms with Crippen LogP contribution in [0, 0.1) is 0 Å². The van der Waals surface area contributed by atoms with Gasteiger partial charge in [-0.3, -0.25) is 14.4 Å². The topological polar surface area (TPSA) is 78.9 Å². The summed E-state index contributed by atoms with van der Waals surface area (Å²) < 4.78 is 17.0. The van der Waals surface area contributed by atoms with Crippen molar-refractivity contribution in [1.82, 2.24) is 0 Å². The highest BCUT2D eigenvalue weighted by Crippen LogP contribution is 2.18. The quantitative estimate of drug-likeness (QED) is 0.0261. The number of esters is 3. The third-order valence-corrected chi connectivity index (χ3v) is 16.4. The predicted molar refractivity (Wildman–Crippen MR) is 349 cm³/mol. The molecule has 0 N–H and O–H groups in total. The van der Waals surface area contributed by atoms with Gasteiger partial charge >= 0.3 is 17.9 Å². The van der Waals surface area contributed by atoms with Gasteiger partial charge in [-0.25, -0.2) is 0 Å². The highest BCUT2D eigenvalue weighted by molar-refractivity contribution is 5.71. The van der Waals surface area contributed by atoms with E-state index < -0.39 is 6.10 Å². The van der Waals surface area contributed by atoms with Gasteiger partial charge in [-0.15, -0.1) is 0 Å². The number of unbranched alkanes of at least 4 members (excludes halogenated alkanes) is 50. The van der Waals surface area contributed by atoms with Crippen LogP contribution in [-0.2, 0) is 28.6 Å². The van der Waals surface area contributed by atoms with Crippen LogP contribution in [-0.4, -0.2) is 37.2 Å². The Morgan fingerprint density at radius 2 is 0.450 bits per heavy atom. The Bertz CT molecular complexity index is 1340. The fourth-order valence-corrected chi connectivity index (χ4v) is 10.9. The van der Waals surface area contributed by atoms with Crippen molar-refractivity contribution in [1.29, 1.82) is 0 Å². The summed E-state index contributed by atoms with van der Waals surface area (Å²) in [5.41, 5.74) is 0. The van der Waals surface area contributed by atoms with Gasteiger partial charge in [0.2, 0.25) is 0 Å². The number of carbonyl (C=O) groups excluding carboxylic acids is 3. The van der Waals surface area contributed by atoms with E-state index in [-0.39, 0.29) is 31.1 Å². The normalized spacial score (nSPS) is 12.2. The summed E-state index contributed by atoms with van der Waals surface area (Å²) >= 11 is 0. The summed E-state index contributed by atoms with van der Waals surface area (Å²) in [6, 6.07) is 0. The fourth-order valence-electron chi connectivity index (χ4n) is 10.9. The van der Waals surface area contributed by atoms with Gasteiger partial charge in [0.25, 0.3) is 0 Å². The van der Waals surface area contributed by atoms with Crippen molar-refractivity contribution in [3.63, 3.8) is 0 Å². The van der Waals surface area contributed by atoms with Crippen molar-refractivity contribution in [3.8, 4) is 0 Å². The Labute approximate surface area is 499 Å². The monoisotopic (exact) mass is 1120 g/mol. The molecule has 0 aromatic rings. The molecule has 80 heavy (non-hydrogen) atoms.